The summed E-state index contributed by atoms with van der Waals surface area (Å²) in [6.45, 7) is 5.97. The number of hydrogen-bond acceptors (Lipinski definition) is 1. The first-order chi connectivity index (χ1) is 6.84. The maximum atomic E-state index is 13.5. The van der Waals surface area contributed by atoms with Gasteiger partial charge in [0.25, 0.3) is 0 Å². The molecule has 0 spiro atoms. The van der Waals surface area contributed by atoms with Crippen LogP contribution in [0.25, 0.3) is 0 Å². The number of hydrogen-bond donors (Lipinski definition) is 1. The zero-order valence-corrected chi connectivity index (χ0v) is 9.95. The van der Waals surface area contributed by atoms with Crippen molar-refractivity contribution in [1.82, 2.24) is 0 Å². The molecule has 0 saturated carbocycles. The minimum atomic E-state index is -0.257. The predicted octanol–water partition coefficient (Wildman–Crippen LogP) is 3.47. The van der Waals surface area contributed by atoms with Crippen molar-refractivity contribution in [2.75, 3.05) is 0 Å². The molecule has 0 bridgehead atoms. The average molecular weight is 228 g/mol. The van der Waals surface area contributed by atoms with Gasteiger partial charge in [0.1, 0.15) is 5.82 Å². The largest absolute Gasteiger partial charge is 0.324 e. The van der Waals surface area contributed by atoms with E-state index in [1.165, 1.54) is 6.07 Å². The van der Waals surface area contributed by atoms with Crippen molar-refractivity contribution < 1.29 is 4.39 Å². The molecule has 0 heterocycles. The summed E-state index contributed by atoms with van der Waals surface area (Å²) in [6, 6.07) is 1.30. The Hall–Kier alpha value is -0.600. The predicted molar refractivity (Wildman–Crippen MR) is 60.7 cm³/mol. The third-order valence-corrected chi connectivity index (χ3v) is 3.60. The zero-order valence-electron chi connectivity index (χ0n) is 9.20. The second kappa shape index (κ2) is 3.19. The van der Waals surface area contributed by atoms with Gasteiger partial charge in [-0.3, -0.25) is 0 Å². The van der Waals surface area contributed by atoms with E-state index in [1.807, 2.05) is 0 Å². The first kappa shape index (κ1) is 10.9. The lowest BCUT2D eigenvalue weighted by molar-refractivity contribution is 0.481. The van der Waals surface area contributed by atoms with Crippen LogP contribution in [0.1, 0.15) is 43.0 Å². The van der Waals surface area contributed by atoms with E-state index in [1.54, 1.807) is 6.92 Å². The summed E-state index contributed by atoms with van der Waals surface area (Å²) in [4.78, 5) is 0. The average Bonchev–Trinajstić information content (AvgIpc) is 2.32. The maximum absolute atomic E-state index is 13.5. The highest BCUT2D eigenvalue weighted by molar-refractivity contribution is 6.31. The van der Waals surface area contributed by atoms with Crippen molar-refractivity contribution in [3.8, 4) is 0 Å². The van der Waals surface area contributed by atoms with Gasteiger partial charge in [0.2, 0.25) is 0 Å². The Labute approximate surface area is 94.4 Å². The second-order valence-electron chi connectivity index (χ2n) is 4.95. The molecular weight excluding hydrogens is 213 g/mol. The third-order valence-electron chi connectivity index (χ3n) is 3.30. The molecule has 2 N–H and O–H groups in total. The molecule has 3 heteroatoms. The Morgan fingerprint density at radius 1 is 1.53 bits per heavy atom. The highest BCUT2D eigenvalue weighted by Gasteiger charge is 2.38. The van der Waals surface area contributed by atoms with Gasteiger partial charge in [-0.2, -0.15) is 0 Å². The van der Waals surface area contributed by atoms with E-state index in [0.29, 0.717) is 10.6 Å². The molecule has 1 nitrogen and oxygen atoms in total. The molecule has 15 heavy (non-hydrogen) atoms. The van der Waals surface area contributed by atoms with Gasteiger partial charge < -0.3 is 5.73 Å². The molecule has 82 valence electrons. The van der Waals surface area contributed by atoms with Crippen LogP contribution in [0, 0.1) is 12.7 Å². The molecule has 1 atom stereocenters. The van der Waals surface area contributed by atoms with Gasteiger partial charge in [0.15, 0.2) is 0 Å². The van der Waals surface area contributed by atoms with Crippen molar-refractivity contribution >= 4 is 11.6 Å². The first-order valence-corrected chi connectivity index (χ1v) is 5.47. The molecule has 1 aromatic rings. The first-order valence-electron chi connectivity index (χ1n) is 5.09. The molecule has 2 rings (SSSR count). The number of fused-ring (bicyclic) bond motifs is 1. The quantitative estimate of drug-likeness (QED) is 0.722. The van der Waals surface area contributed by atoms with Crippen LogP contribution in [0.3, 0.4) is 0 Å². The lowest BCUT2D eigenvalue weighted by Gasteiger charge is -2.20. The smallest absolute Gasteiger partial charge is 0.127 e. The molecule has 0 fully saturated rings. The van der Waals surface area contributed by atoms with Gasteiger partial charge in [-0.05, 0) is 41.5 Å². The summed E-state index contributed by atoms with van der Waals surface area (Å²) < 4.78 is 13.5. The summed E-state index contributed by atoms with van der Waals surface area (Å²) >= 11 is 6.10. The Bertz CT molecular complexity index is 426. The Morgan fingerprint density at radius 3 is 2.73 bits per heavy atom. The molecule has 0 amide bonds. The summed E-state index contributed by atoms with van der Waals surface area (Å²) in [5.74, 6) is -0.257. The number of halogens is 2. The fourth-order valence-electron chi connectivity index (χ4n) is 2.64. The Balaban J connectivity index is 2.78. The van der Waals surface area contributed by atoms with E-state index >= 15 is 0 Å². The monoisotopic (exact) mass is 227 g/mol. The molecule has 1 aliphatic carbocycles. The number of benzene rings is 1. The summed E-state index contributed by atoms with van der Waals surface area (Å²) in [7, 11) is 0. The standard InChI is InChI=1S/C12H15ClFN/c1-6-8(14)4-7(13)11-10(6)9(15)5-12(11,2)3/h4,9H,5,15H2,1-3H3/t9-/m1/s1. The van der Waals surface area contributed by atoms with Crippen molar-refractivity contribution in [3.63, 3.8) is 0 Å². The fourth-order valence-corrected chi connectivity index (χ4v) is 3.10. The molecule has 0 unspecified atom stereocenters. The molecule has 0 saturated heterocycles. The van der Waals surface area contributed by atoms with E-state index in [9.17, 15) is 4.39 Å². The van der Waals surface area contributed by atoms with Gasteiger partial charge >= 0.3 is 0 Å². The van der Waals surface area contributed by atoms with Crippen molar-refractivity contribution in [2.45, 2.75) is 38.6 Å². The maximum Gasteiger partial charge on any atom is 0.127 e. The van der Waals surface area contributed by atoms with E-state index in [0.717, 1.165) is 17.5 Å². The minimum absolute atomic E-state index is 0.0513. The van der Waals surface area contributed by atoms with E-state index in [2.05, 4.69) is 13.8 Å². The van der Waals surface area contributed by atoms with E-state index < -0.39 is 0 Å². The van der Waals surface area contributed by atoms with Crippen LogP contribution in [0.5, 0.6) is 0 Å². The highest BCUT2D eigenvalue weighted by Crippen LogP contribution is 2.48. The number of rotatable bonds is 0. The lowest BCUT2D eigenvalue weighted by atomic mass is 9.86. The number of nitrogens with two attached hydrogens (primary N) is 1. The van der Waals surface area contributed by atoms with Crippen molar-refractivity contribution in [1.29, 1.82) is 0 Å². The Morgan fingerprint density at radius 2 is 2.13 bits per heavy atom. The van der Waals surface area contributed by atoms with Crippen molar-refractivity contribution in [2.24, 2.45) is 5.73 Å². The lowest BCUT2D eigenvalue weighted by Crippen LogP contribution is -2.14. The van der Waals surface area contributed by atoms with Crippen LogP contribution < -0.4 is 5.73 Å². The second-order valence-corrected chi connectivity index (χ2v) is 5.36. The summed E-state index contributed by atoms with van der Waals surface area (Å²) in [5.41, 5.74) is 8.56. The van der Waals surface area contributed by atoms with Crippen LogP contribution in [0.2, 0.25) is 5.02 Å². The van der Waals surface area contributed by atoms with E-state index in [-0.39, 0.29) is 17.3 Å². The van der Waals surface area contributed by atoms with Gasteiger partial charge in [-0.15, -0.1) is 0 Å². The van der Waals surface area contributed by atoms with Gasteiger partial charge in [0, 0.05) is 11.1 Å². The van der Waals surface area contributed by atoms with Crippen LogP contribution in [0.15, 0.2) is 6.07 Å². The zero-order chi connectivity index (χ0) is 11.4. The van der Waals surface area contributed by atoms with Crippen LogP contribution in [0.4, 0.5) is 4.39 Å². The molecular formula is C12H15ClFN. The highest BCUT2D eigenvalue weighted by atomic mass is 35.5. The van der Waals surface area contributed by atoms with Crippen LogP contribution in [-0.4, -0.2) is 0 Å². The van der Waals surface area contributed by atoms with Crippen LogP contribution in [-0.2, 0) is 5.41 Å². The topological polar surface area (TPSA) is 26.0 Å². The summed E-state index contributed by atoms with van der Waals surface area (Å²) in [6.07, 6.45) is 0.826. The van der Waals surface area contributed by atoms with Gasteiger partial charge in [-0.1, -0.05) is 25.4 Å². The normalized spacial score (nSPS) is 22.9. The molecule has 0 aromatic heterocycles. The van der Waals surface area contributed by atoms with Crippen LogP contribution >= 0.6 is 11.6 Å². The van der Waals surface area contributed by atoms with Gasteiger partial charge in [-0.25, -0.2) is 4.39 Å². The summed E-state index contributed by atoms with van der Waals surface area (Å²) in [5, 5.41) is 0.506. The minimum Gasteiger partial charge on any atom is -0.324 e. The molecule has 0 radical (unpaired) electrons. The molecule has 0 aliphatic heterocycles. The fraction of sp³-hybridized carbons (Fsp3) is 0.500. The van der Waals surface area contributed by atoms with E-state index in [4.69, 9.17) is 17.3 Å². The van der Waals surface area contributed by atoms with Gasteiger partial charge in [0.05, 0.1) is 0 Å². The third kappa shape index (κ3) is 1.47. The SMILES string of the molecule is Cc1c(F)cc(Cl)c2c1[C@H](N)CC2(C)C. The Kier molecular flexibility index (Phi) is 2.32. The molecule has 1 aliphatic rings. The molecule has 1 aromatic carbocycles. The van der Waals surface area contributed by atoms with Crippen molar-refractivity contribution in [3.05, 3.63) is 33.6 Å².